The Labute approximate surface area is 339 Å². The minimum atomic E-state index is 0.913. The summed E-state index contributed by atoms with van der Waals surface area (Å²) < 4.78 is 6.84. The monoisotopic (exact) mass is 743 g/mol. The van der Waals surface area contributed by atoms with E-state index in [1.165, 1.54) is 61.0 Å². The van der Waals surface area contributed by atoms with Crippen molar-refractivity contribution in [2.75, 3.05) is 4.90 Å². The van der Waals surface area contributed by atoms with E-state index in [0.29, 0.717) is 0 Å². The number of hydrogen-bond acceptors (Lipinski definition) is 2. The van der Waals surface area contributed by atoms with Crippen molar-refractivity contribution in [3.05, 3.63) is 197 Å². The summed E-state index contributed by atoms with van der Waals surface area (Å²) in [5, 5.41) is 4.68. The third-order valence-corrected chi connectivity index (χ3v) is 12.9. The summed E-state index contributed by atoms with van der Waals surface area (Å²) in [6.07, 6.45) is 15.9. The molecular formula is C56H41NO. The van der Waals surface area contributed by atoms with Gasteiger partial charge in [-0.1, -0.05) is 133 Å². The van der Waals surface area contributed by atoms with Crippen LogP contribution in [-0.2, 0) is 25.7 Å². The summed E-state index contributed by atoms with van der Waals surface area (Å²) in [6.45, 7) is 0. The van der Waals surface area contributed by atoms with Gasteiger partial charge in [0.15, 0.2) is 0 Å². The van der Waals surface area contributed by atoms with Gasteiger partial charge < -0.3 is 9.32 Å². The Morgan fingerprint density at radius 1 is 0.448 bits per heavy atom. The maximum atomic E-state index is 6.84. The molecule has 0 aliphatic heterocycles. The van der Waals surface area contributed by atoms with E-state index >= 15 is 0 Å². The molecule has 12 rings (SSSR count). The first-order valence-electron chi connectivity index (χ1n) is 20.8. The Morgan fingerprint density at radius 3 is 2.05 bits per heavy atom. The number of hydrogen-bond donors (Lipinski definition) is 0. The van der Waals surface area contributed by atoms with Gasteiger partial charge in [0.1, 0.15) is 11.2 Å². The number of para-hydroxylation sites is 2. The third kappa shape index (κ3) is 5.25. The van der Waals surface area contributed by atoms with Gasteiger partial charge in [-0.05, 0) is 147 Å². The molecule has 0 bridgehead atoms. The van der Waals surface area contributed by atoms with Crippen LogP contribution in [0.5, 0.6) is 0 Å². The van der Waals surface area contributed by atoms with Gasteiger partial charge in [0.05, 0.1) is 5.69 Å². The first-order valence-corrected chi connectivity index (χ1v) is 20.8. The van der Waals surface area contributed by atoms with Crippen molar-refractivity contribution >= 4 is 61.9 Å². The fraction of sp³-hybridized carbons (Fsp3) is 0.107. The minimum absolute atomic E-state index is 0.913. The highest BCUT2D eigenvalue weighted by atomic mass is 16.3. The zero-order chi connectivity index (χ0) is 38.2. The molecule has 2 heteroatoms. The minimum Gasteiger partial charge on any atom is -0.455 e. The lowest BCUT2D eigenvalue weighted by Gasteiger charge is -2.32. The zero-order valence-electron chi connectivity index (χ0n) is 32.3. The molecule has 8 aromatic carbocycles. The molecule has 9 aromatic rings. The van der Waals surface area contributed by atoms with Crippen molar-refractivity contribution in [3.63, 3.8) is 0 Å². The molecule has 0 N–H and O–H groups in total. The number of aryl methyl sites for hydroxylation is 1. The summed E-state index contributed by atoms with van der Waals surface area (Å²) in [5.74, 6) is 0. The number of allylic oxidation sites excluding steroid dienone is 2. The SMILES string of the molecule is C1=Cc2cc(-c3ccc(N(c4ccccc4-c4cccc5c4oc4cc6ccccc6cc45)c4cccc5c4CCc4ccccc4-5)cc3)c3c(c2CC1)CCC=C3. The number of rotatable bonds is 5. The molecule has 2 nitrogen and oxygen atoms in total. The van der Waals surface area contributed by atoms with Crippen LogP contribution in [0.1, 0.15) is 46.2 Å². The molecule has 0 atom stereocenters. The molecule has 1 aromatic heterocycles. The van der Waals surface area contributed by atoms with Crippen LogP contribution in [0.4, 0.5) is 17.1 Å². The molecule has 0 saturated carbocycles. The highest BCUT2D eigenvalue weighted by Gasteiger charge is 2.26. The molecule has 0 saturated heterocycles. The Kier molecular flexibility index (Phi) is 7.66. The Bertz CT molecular complexity index is 3180. The van der Waals surface area contributed by atoms with Crippen LogP contribution >= 0.6 is 0 Å². The lowest BCUT2D eigenvalue weighted by atomic mass is 9.81. The van der Waals surface area contributed by atoms with Gasteiger partial charge >= 0.3 is 0 Å². The molecule has 3 aliphatic carbocycles. The fourth-order valence-corrected chi connectivity index (χ4v) is 10.2. The predicted molar refractivity (Wildman–Crippen MR) is 244 cm³/mol. The van der Waals surface area contributed by atoms with Gasteiger partial charge in [0.2, 0.25) is 0 Å². The maximum Gasteiger partial charge on any atom is 0.143 e. The summed E-state index contributed by atoms with van der Waals surface area (Å²) in [6, 6.07) is 56.1. The lowest BCUT2D eigenvalue weighted by molar-refractivity contribution is 0.670. The van der Waals surface area contributed by atoms with Crippen molar-refractivity contribution in [1.29, 1.82) is 0 Å². The van der Waals surface area contributed by atoms with E-state index in [-0.39, 0.29) is 0 Å². The lowest BCUT2D eigenvalue weighted by Crippen LogP contribution is -2.16. The first kappa shape index (κ1) is 33.3. The van der Waals surface area contributed by atoms with Crippen LogP contribution in [0.25, 0.3) is 78.2 Å². The molecular weight excluding hydrogens is 703 g/mol. The van der Waals surface area contributed by atoms with Gasteiger partial charge in [0.25, 0.3) is 0 Å². The molecule has 3 aliphatic rings. The van der Waals surface area contributed by atoms with Crippen molar-refractivity contribution < 1.29 is 4.42 Å². The Morgan fingerprint density at radius 2 is 1.16 bits per heavy atom. The van der Waals surface area contributed by atoms with Gasteiger partial charge in [-0.3, -0.25) is 0 Å². The maximum absolute atomic E-state index is 6.84. The van der Waals surface area contributed by atoms with Crippen LogP contribution < -0.4 is 4.90 Å². The largest absolute Gasteiger partial charge is 0.455 e. The van der Waals surface area contributed by atoms with Gasteiger partial charge in [-0.2, -0.15) is 0 Å². The Hall–Kier alpha value is -6.90. The van der Waals surface area contributed by atoms with Gasteiger partial charge in [0, 0.05) is 33.3 Å². The predicted octanol–water partition coefficient (Wildman–Crippen LogP) is 15.2. The highest BCUT2D eigenvalue weighted by molar-refractivity contribution is 6.14. The number of benzene rings is 8. The second-order valence-corrected chi connectivity index (χ2v) is 16.1. The van der Waals surface area contributed by atoms with Crippen molar-refractivity contribution in [3.8, 4) is 33.4 Å². The van der Waals surface area contributed by atoms with Crippen LogP contribution in [0.15, 0.2) is 168 Å². The second-order valence-electron chi connectivity index (χ2n) is 16.1. The standard InChI is InChI=1S/C56H41NO/c1-2-15-39-35-55-52(33-38(39)14-1)50-24-11-23-49(56(50)58-55)47-21-9-10-25-53(47)57(54-26-12-22-45-42-17-5-3-13-36(42)29-32-48(45)54)41-30-27-37(28-31-41)51-34-40-16-4-6-18-43(40)44-19-7-8-20-46(44)51/h1-5,8-17,20-28,30-31,33-35H,6-7,18-19,29,32H2. The highest BCUT2D eigenvalue weighted by Crippen LogP contribution is 2.48. The second kappa shape index (κ2) is 13.4. The average Bonchev–Trinajstić information content (AvgIpc) is 3.66. The number of fused-ring (bicyclic) bond motifs is 10. The Balaban J connectivity index is 1.06. The summed E-state index contributed by atoms with van der Waals surface area (Å²) >= 11 is 0. The quantitative estimate of drug-likeness (QED) is 0.175. The molecule has 0 amide bonds. The first-order chi connectivity index (χ1) is 28.8. The van der Waals surface area contributed by atoms with E-state index in [9.17, 15) is 0 Å². The van der Waals surface area contributed by atoms with Crippen LogP contribution in [-0.4, -0.2) is 0 Å². The van der Waals surface area contributed by atoms with Crippen LogP contribution in [0.3, 0.4) is 0 Å². The molecule has 1 heterocycles. The van der Waals surface area contributed by atoms with Crippen molar-refractivity contribution in [2.45, 2.75) is 38.5 Å². The molecule has 0 fully saturated rings. The van der Waals surface area contributed by atoms with Crippen molar-refractivity contribution in [2.24, 2.45) is 0 Å². The number of nitrogens with zero attached hydrogens (tertiary/aromatic N) is 1. The zero-order valence-corrected chi connectivity index (χ0v) is 32.3. The van der Waals surface area contributed by atoms with Gasteiger partial charge in [-0.15, -0.1) is 0 Å². The van der Waals surface area contributed by atoms with E-state index < -0.39 is 0 Å². The fourth-order valence-electron chi connectivity index (χ4n) is 10.2. The molecule has 0 spiro atoms. The van der Waals surface area contributed by atoms with Crippen LogP contribution in [0, 0.1) is 0 Å². The van der Waals surface area contributed by atoms with E-state index in [1.807, 2.05) is 0 Å². The van der Waals surface area contributed by atoms with Gasteiger partial charge in [-0.25, -0.2) is 0 Å². The molecule has 0 radical (unpaired) electrons. The number of anilines is 3. The van der Waals surface area contributed by atoms with Crippen LogP contribution in [0.2, 0.25) is 0 Å². The summed E-state index contributed by atoms with van der Waals surface area (Å²) in [7, 11) is 0. The van der Waals surface area contributed by atoms with E-state index in [1.54, 1.807) is 11.1 Å². The average molecular weight is 744 g/mol. The van der Waals surface area contributed by atoms with E-state index in [2.05, 4.69) is 181 Å². The van der Waals surface area contributed by atoms with Crippen molar-refractivity contribution in [1.82, 2.24) is 0 Å². The summed E-state index contributed by atoms with van der Waals surface area (Å²) in [5.41, 5.74) is 21.5. The molecule has 58 heavy (non-hydrogen) atoms. The topological polar surface area (TPSA) is 16.4 Å². The molecule has 276 valence electrons. The normalized spacial score (nSPS) is 14.0. The molecule has 0 unspecified atom stereocenters. The smallest absolute Gasteiger partial charge is 0.143 e. The van der Waals surface area contributed by atoms with E-state index in [4.69, 9.17) is 4.42 Å². The van der Waals surface area contributed by atoms with E-state index in [0.717, 1.165) is 83.0 Å². The number of furan rings is 1. The summed E-state index contributed by atoms with van der Waals surface area (Å²) in [4.78, 5) is 2.51. The third-order valence-electron chi connectivity index (χ3n) is 12.9.